The van der Waals surface area contributed by atoms with E-state index in [1.807, 2.05) is 0 Å². The van der Waals surface area contributed by atoms with E-state index in [1.54, 1.807) is 0 Å². The van der Waals surface area contributed by atoms with Crippen LogP contribution in [0.4, 0.5) is 0 Å². The van der Waals surface area contributed by atoms with Crippen molar-refractivity contribution in [1.82, 2.24) is 0 Å². The zero-order chi connectivity index (χ0) is 11.4. The van der Waals surface area contributed by atoms with Gasteiger partial charge < -0.3 is 0 Å². The summed E-state index contributed by atoms with van der Waals surface area (Å²) in [6.45, 7) is 2.21. The van der Waals surface area contributed by atoms with Gasteiger partial charge in [-0.3, -0.25) is 4.79 Å². The van der Waals surface area contributed by atoms with Crippen molar-refractivity contribution < 1.29 is 9.59 Å². The number of isocyanates is 1. The maximum Gasteiger partial charge on any atom is 0.256 e. The molecule has 1 amide bonds. The van der Waals surface area contributed by atoms with Gasteiger partial charge in [0.1, 0.15) is 0 Å². The Labute approximate surface area is 92.0 Å². The van der Waals surface area contributed by atoms with Crippen molar-refractivity contribution in [3.8, 4) is 0 Å². The number of hydrogen-bond acceptors (Lipinski definition) is 2. The van der Waals surface area contributed by atoms with Gasteiger partial charge >= 0.3 is 0 Å². The molecule has 0 aromatic rings. The number of aliphatic imine (C=N–C) groups is 1. The van der Waals surface area contributed by atoms with E-state index in [-0.39, 0.29) is 5.91 Å². The smallest absolute Gasteiger partial charge is 0.256 e. The minimum Gasteiger partial charge on any atom is -0.272 e. The average Bonchev–Trinajstić information content (AvgIpc) is 2.22. The highest BCUT2D eigenvalue weighted by Crippen LogP contribution is 2.09. The van der Waals surface area contributed by atoms with E-state index in [1.165, 1.54) is 44.6 Å². The molecule has 0 rings (SSSR count). The Hall–Kier alpha value is -0.950. The van der Waals surface area contributed by atoms with Gasteiger partial charge in [0.05, 0.1) is 0 Å². The zero-order valence-corrected chi connectivity index (χ0v) is 9.63. The third-order valence-corrected chi connectivity index (χ3v) is 2.41. The van der Waals surface area contributed by atoms with Gasteiger partial charge in [-0.15, -0.1) is 4.99 Å². The van der Waals surface area contributed by atoms with Crippen LogP contribution in [-0.2, 0) is 9.59 Å². The first-order valence-electron chi connectivity index (χ1n) is 5.92. The number of carbonyl (C=O) groups is 1. The Morgan fingerprint density at radius 2 is 1.53 bits per heavy atom. The molecule has 0 heterocycles. The summed E-state index contributed by atoms with van der Waals surface area (Å²) in [6, 6.07) is 0. The Morgan fingerprint density at radius 3 is 2.07 bits per heavy atom. The SMILES string of the molecule is CCCCCCCCCCC(=O)N=C=O. The van der Waals surface area contributed by atoms with E-state index in [0.717, 1.165) is 12.8 Å². The number of nitrogens with zero attached hydrogens (tertiary/aromatic N) is 1. The molecular weight excluding hydrogens is 190 g/mol. The first kappa shape index (κ1) is 14.1. The Bertz CT molecular complexity index is 208. The number of carbonyl (C=O) groups excluding carboxylic acids is 2. The fraction of sp³-hybridized carbons (Fsp3) is 0.833. The number of rotatable bonds is 9. The van der Waals surface area contributed by atoms with Gasteiger partial charge in [0, 0.05) is 6.42 Å². The van der Waals surface area contributed by atoms with Crippen LogP contribution in [-0.4, -0.2) is 12.0 Å². The topological polar surface area (TPSA) is 46.5 Å². The number of amides is 1. The van der Waals surface area contributed by atoms with E-state index >= 15 is 0 Å². The van der Waals surface area contributed by atoms with Crippen molar-refractivity contribution in [1.29, 1.82) is 0 Å². The van der Waals surface area contributed by atoms with Crippen LogP contribution in [0.25, 0.3) is 0 Å². The lowest BCUT2D eigenvalue weighted by Crippen LogP contribution is -1.92. The van der Waals surface area contributed by atoms with Gasteiger partial charge in [-0.05, 0) is 6.42 Å². The van der Waals surface area contributed by atoms with E-state index in [9.17, 15) is 9.59 Å². The molecule has 0 N–H and O–H groups in total. The summed E-state index contributed by atoms with van der Waals surface area (Å²) >= 11 is 0. The molecule has 15 heavy (non-hydrogen) atoms. The van der Waals surface area contributed by atoms with Crippen molar-refractivity contribution in [3.63, 3.8) is 0 Å². The summed E-state index contributed by atoms with van der Waals surface area (Å²) < 4.78 is 0. The van der Waals surface area contributed by atoms with Gasteiger partial charge in [-0.25, -0.2) is 4.79 Å². The van der Waals surface area contributed by atoms with Crippen LogP contribution in [0, 0.1) is 0 Å². The highest BCUT2D eigenvalue weighted by atomic mass is 16.2. The predicted octanol–water partition coefficient (Wildman–Crippen LogP) is 3.38. The quantitative estimate of drug-likeness (QED) is 0.333. The highest BCUT2D eigenvalue weighted by Gasteiger charge is 1.98. The molecule has 0 unspecified atom stereocenters. The lowest BCUT2D eigenvalue weighted by Gasteiger charge is -1.99. The predicted molar refractivity (Wildman–Crippen MR) is 60.4 cm³/mol. The summed E-state index contributed by atoms with van der Waals surface area (Å²) in [6.07, 6.45) is 11.2. The second-order valence-electron chi connectivity index (χ2n) is 3.82. The number of hydrogen-bond donors (Lipinski definition) is 0. The van der Waals surface area contributed by atoms with Gasteiger partial charge in [0.15, 0.2) is 0 Å². The molecule has 0 saturated carbocycles. The van der Waals surface area contributed by atoms with E-state index in [4.69, 9.17) is 0 Å². The molecule has 0 bridgehead atoms. The van der Waals surface area contributed by atoms with Crippen molar-refractivity contribution >= 4 is 12.0 Å². The fourth-order valence-electron chi connectivity index (χ4n) is 1.52. The molecule has 3 nitrogen and oxygen atoms in total. The average molecular weight is 211 g/mol. The van der Waals surface area contributed by atoms with Crippen LogP contribution < -0.4 is 0 Å². The Morgan fingerprint density at radius 1 is 1.00 bits per heavy atom. The lowest BCUT2D eigenvalue weighted by molar-refractivity contribution is -0.117. The molecule has 0 atom stereocenters. The third-order valence-electron chi connectivity index (χ3n) is 2.41. The summed E-state index contributed by atoms with van der Waals surface area (Å²) in [7, 11) is 0. The molecule has 0 radical (unpaired) electrons. The normalized spacial score (nSPS) is 9.67. The largest absolute Gasteiger partial charge is 0.272 e. The van der Waals surface area contributed by atoms with Crippen LogP contribution in [0.3, 0.4) is 0 Å². The van der Waals surface area contributed by atoms with E-state index in [2.05, 4.69) is 11.9 Å². The van der Waals surface area contributed by atoms with Crippen molar-refractivity contribution in [2.24, 2.45) is 4.99 Å². The standard InChI is InChI=1S/C12H21NO2/c1-2-3-4-5-6-7-8-9-10-12(15)13-11-14/h2-10H2,1H3. The van der Waals surface area contributed by atoms with Gasteiger partial charge in [-0.1, -0.05) is 51.9 Å². The Balaban J connectivity index is 3.11. The maximum atomic E-state index is 10.8. The molecule has 0 aliphatic rings. The van der Waals surface area contributed by atoms with Crippen LogP contribution >= 0.6 is 0 Å². The van der Waals surface area contributed by atoms with Crippen LogP contribution in [0.15, 0.2) is 4.99 Å². The molecule has 0 aliphatic heterocycles. The molecule has 0 aliphatic carbocycles. The van der Waals surface area contributed by atoms with Crippen LogP contribution in [0.1, 0.15) is 64.7 Å². The first-order chi connectivity index (χ1) is 7.31. The van der Waals surface area contributed by atoms with Gasteiger partial charge in [-0.2, -0.15) is 0 Å². The lowest BCUT2D eigenvalue weighted by atomic mass is 10.1. The molecule has 0 aromatic heterocycles. The molecule has 3 heteroatoms. The summed E-state index contributed by atoms with van der Waals surface area (Å²) in [5.74, 6) is -0.337. The maximum absolute atomic E-state index is 10.8. The summed E-state index contributed by atoms with van der Waals surface area (Å²) in [5, 5.41) is 0. The van der Waals surface area contributed by atoms with Crippen molar-refractivity contribution in [2.45, 2.75) is 64.7 Å². The summed E-state index contributed by atoms with van der Waals surface area (Å²) in [4.78, 5) is 23.6. The van der Waals surface area contributed by atoms with Crippen LogP contribution in [0.2, 0.25) is 0 Å². The van der Waals surface area contributed by atoms with Gasteiger partial charge in [0.2, 0.25) is 6.08 Å². The van der Waals surface area contributed by atoms with Crippen LogP contribution in [0.5, 0.6) is 0 Å². The fourth-order valence-corrected chi connectivity index (χ4v) is 1.52. The van der Waals surface area contributed by atoms with Crippen molar-refractivity contribution in [2.75, 3.05) is 0 Å². The highest BCUT2D eigenvalue weighted by molar-refractivity contribution is 5.81. The van der Waals surface area contributed by atoms with E-state index < -0.39 is 0 Å². The minimum atomic E-state index is -0.337. The molecular formula is C12H21NO2. The first-order valence-corrected chi connectivity index (χ1v) is 5.92. The molecule has 0 aromatic carbocycles. The Kier molecular flexibility index (Phi) is 10.4. The monoisotopic (exact) mass is 211 g/mol. The number of unbranched alkanes of at least 4 members (excludes halogenated alkanes) is 7. The molecule has 0 saturated heterocycles. The second-order valence-corrected chi connectivity index (χ2v) is 3.82. The minimum absolute atomic E-state index is 0.337. The zero-order valence-electron chi connectivity index (χ0n) is 9.63. The molecule has 86 valence electrons. The van der Waals surface area contributed by atoms with E-state index in [0.29, 0.717) is 6.42 Å². The molecule has 0 spiro atoms. The third kappa shape index (κ3) is 11.0. The second kappa shape index (κ2) is 11.1. The van der Waals surface area contributed by atoms with Crippen molar-refractivity contribution in [3.05, 3.63) is 0 Å². The van der Waals surface area contributed by atoms with Gasteiger partial charge in [0.25, 0.3) is 5.91 Å². The summed E-state index contributed by atoms with van der Waals surface area (Å²) in [5.41, 5.74) is 0. The molecule has 0 fully saturated rings.